The highest BCUT2D eigenvalue weighted by atomic mass is 19.1. The fraction of sp³-hybridized carbons (Fsp3) is 0.741. The van der Waals surface area contributed by atoms with Gasteiger partial charge in [0.05, 0.1) is 18.8 Å². The highest BCUT2D eigenvalue weighted by molar-refractivity contribution is 5.90. The van der Waals surface area contributed by atoms with Crippen molar-refractivity contribution < 1.29 is 28.1 Å². The van der Waals surface area contributed by atoms with Gasteiger partial charge < -0.3 is 18.9 Å². The Morgan fingerprint density at radius 2 is 1.62 bits per heavy atom. The van der Waals surface area contributed by atoms with E-state index in [4.69, 9.17) is 18.9 Å². The van der Waals surface area contributed by atoms with Gasteiger partial charge in [0.1, 0.15) is 17.8 Å². The van der Waals surface area contributed by atoms with Crippen LogP contribution >= 0.6 is 0 Å². The summed E-state index contributed by atoms with van der Waals surface area (Å²) < 4.78 is 39.2. The largest absolute Gasteiger partial charge is 0.484 e. The molecule has 1 aromatic rings. The second-order valence-corrected chi connectivity index (χ2v) is 10.7. The Morgan fingerprint density at radius 1 is 1.03 bits per heavy atom. The topological polar surface area (TPSA) is 57.2 Å². The summed E-state index contributed by atoms with van der Waals surface area (Å²) in [5.74, 6) is -0.599. The molecule has 2 saturated carbocycles. The lowest BCUT2D eigenvalue weighted by Gasteiger charge is -2.35. The molecule has 7 heteroatoms. The van der Waals surface area contributed by atoms with E-state index in [1.807, 2.05) is 6.92 Å². The monoisotopic (exact) mass is 477 g/mol. The van der Waals surface area contributed by atoms with Crippen LogP contribution in [0.5, 0.6) is 11.5 Å². The minimum Gasteiger partial charge on any atom is -0.484 e. The van der Waals surface area contributed by atoms with Crippen molar-refractivity contribution in [3.63, 3.8) is 0 Å². The smallest absolute Gasteiger partial charge is 0.338 e. The van der Waals surface area contributed by atoms with Crippen LogP contribution in [0.15, 0.2) is 12.1 Å². The van der Waals surface area contributed by atoms with Crippen molar-refractivity contribution in [2.45, 2.75) is 83.3 Å². The van der Waals surface area contributed by atoms with E-state index in [2.05, 4.69) is 18.7 Å². The molecule has 3 fully saturated rings. The number of ether oxygens (including phenoxy) is 4. The van der Waals surface area contributed by atoms with Crippen molar-refractivity contribution >= 4 is 5.97 Å². The number of carbonyl (C=O) groups excluding carboxylic acids is 1. The first kappa shape index (κ1) is 25.2. The second-order valence-electron chi connectivity index (χ2n) is 10.7. The van der Waals surface area contributed by atoms with E-state index in [1.54, 1.807) is 0 Å². The van der Waals surface area contributed by atoms with E-state index in [0.29, 0.717) is 19.8 Å². The molecular formula is C27H40FNO5. The summed E-state index contributed by atoms with van der Waals surface area (Å²) in [5, 5.41) is 0. The maximum absolute atomic E-state index is 15.7. The van der Waals surface area contributed by atoms with E-state index in [-0.39, 0.29) is 29.6 Å². The van der Waals surface area contributed by atoms with Crippen LogP contribution in [0.3, 0.4) is 0 Å². The van der Waals surface area contributed by atoms with E-state index >= 15 is 4.39 Å². The summed E-state index contributed by atoms with van der Waals surface area (Å²) in [6.45, 7) is 10.2. The van der Waals surface area contributed by atoms with Gasteiger partial charge in [0.15, 0.2) is 11.5 Å². The molecule has 1 aliphatic heterocycles. The summed E-state index contributed by atoms with van der Waals surface area (Å²) in [7, 11) is 0. The molecule has 190 valence electrons. The van der Waals surface area contributed by atoms with Gasteiger partial charge in [-0.25, -0.2) is 4.79 Å². The van der Waals surface area contributed by atoms with Crippen LogP contribution in [0.1, 0.15) is 82.5 Å². The van der Waals surface area contributed by atoms with Gasteiger partial charge in [0.2, 0.25) is 5.82 Å². The van der Waals surface area contributed by atoms with Crippen LogP contribution in [-0.4, -0.2) is 61.5 Å². The molecule has 0 amide bonds. The second kappa shape index (κ2) is 10.8. The molecule has 6 nitrogen and oxygen atoms in total. The maximum Gasteiger partial charge on any atom is 0.338 e. The van der Waals surface area contributed by atoms with Gasteiger partial charge >= 0.3 is 5.97 Å². The molecule has 0 radical (unpaired) electrons. The lowest BCUT2D eigenvalue weighted by atomic mass is 9.88. The van der Waals surface area contributed by atoms with Crippen molar-refractivity contribution in [3.8, 4) is 11.5 Å². The molecule has 3 aliphatic rings. The van der Waals surface area contributed by atoms with Crippen molar-refractivity contribution in [3.05, 3.63) is 23.5 Å². The van der Waals surface area contributed by atoms with Crippen molar-refractivity contribution in [2.24, 2.45) is 5.92 Å². The van der Waals surface area contributed by atoms with Crippen LogP contribution in [0.25, 0.3) is 0 Å². The number of benzene rings is 1. The molecule has 0 bridgehead atoms. The van der Waals surface area contributed by atoms with Gasteiger partial charge in [-0.2, -0.15) is 4.39 Å². The molecule has 4 rings (SSSR count). The number of morpholine rings is 1. The predicted octanol–water partition coefficient (Wildman–Crippen LogP) is 5.37. The third kappa shape index (κ3) is 5.85. The summed E-state index contributed by atoms with van der Waals surface area (Å²) in [5.41, 5.74) is -0.583. The zero-order valence-corrected chi connectivity index (χ0v) is 21.0. The van der Waals surface area contributed by atoms with Crippen molar-refractivity contribution in [1.82, 2.24) is 4.90 Å². The average Bonchev–Trinajstić information content (AvgIpc) is 3.47. The Hall–Kier alpha value is -1.86. The number of hydrogen-bond donors (Lipinski definition) is 0. The quantitative estimate of drug-likeness (QED) is 0.446. The number of halogens is 1. The fourth-order valence-corrected chi connectivity index (χ4v) is 5.49. The van der Waals surface area contributed by atoms with Crippen LogP contribution in [0.2, 0.25) is 0 Å². The molecule has 1 heterocycles. The lowest BCUT2D eigenvalue weighted by molar-refractivity contribution is 0.0183. The Kier molecular flexibility index (Phi) is 8.03. The van der Waals surface area contributed by atoms with E-state index in [1.165, 1.54) is 12.1 Å². The third-order valence-electron chi connectivity index (χ3n) is 7.82. The molecule has 34 heavy (non-hydrogen) atoms. The van der Waals surface area contributed by atoms with E-state index in [9.17, 15) is 4.79 Å². The first-order valence-corrected chi connectivity index (χ1v) is 13.0. The fourth-order valence-electron chi connectivity index (χ4n) is 5.49. The maximum atomic E-state index is 15.7. The lowest BCUT2D eigenvalue weighted by Crippen LogP contribution is -2.39. The molecule has 0 unspecified atom stereocenters. The molecule has 1 saturated heterocycles. The van der Waals surface area contributed by atoms with Gasteiger partial charge in [-0.1, -0.05) is 13.8 Å². The van der Waals surface area contributed by atoms with Gasteiger partial charge in [-0.3, -0.25) is 4.90 Å². The van der Waals surface area contributed by atoms with Crippen molar-refractivity contribution in [2.75, 3.05) is 39.5 Å². The zero-order chi connectivity index (χ0) is 24.2. The number of hydrogen-bond acceptors (Lipinski definition) is 6. The van der Waals surface area contributed by atoms with Crippen LogP contribution in [0, 0.1) is 11.7 Å². The van der Waals surface area contributed by atoms with Gasteiger partial charge in [0, 0.05) is 19.6 Å². The van der Waals surface area contributed by atoms with E-state index < -0.39 is 23.0 Å². The molecule has 0 spiro atoms. The van der Waals surface area contributed by atoms with Crippen molar-refractivity contribution in [1.29, 1.82) is 0 Å². The van der Waals surface area contributed by atoms with Gasteiger partial charge in [-0.05, 0) is 76.3 Å². The standard InChI is InChI=1S/C27H40FNO5/c1-20(2)27(10-6-7-11-27)34-23-19-21(25(30)32-17-14-29-12-15-31-16-13-29)18-22(24(23)28)33-26(3)8-4-5-9-26/h18-20H,4-17H2,1-3H3. The van der Waals surface area contributed by atoms with Crippen LogP contribution < -0.4 is 9.47 Å². The third-order valence-corrected chi connectivity index (χ3v) is 7.82. The van der Waals surface area contributed by atoms with Crippen LogP contribution in [-0.2, 0) is 9.47 Å². The Labute approximate surface area is 203 Å². The average molecular weight is 478 g/mol. The Balaban J connectivity index is 1.55. The Bertz CT molecular complexity index is 840. The SMILES string of the molecule is CC(C)C1(Oc2cc(C(=O)OCCN3CCOCC3)cc(OC3(C)CCCC3)c2F)CCCC1. The van der Waals surface area contributed by atoms with Crippen LogP contribution in [0.4, 0.5) is 4.39 Å². The zero-order valence-electron chi connectivity index (χ0n) is 21.0. The molecule has 0 atom stereocenters. The van der Waals surface area contributed by atoms with E-state index in [0.717, 1.165) is 64.5 Å². The first-order chi connectivity index (χ1) is 16.3. The summed E-state index contributed by atoms with van der Waals surface area (Å²) in [6, 6.07) is 2.98. The number of nitrogens with zero attached hydrogens (tertiary/aromatic N) is 1. The minimum absolute atomic E-state index is 0.0823. The number of carbonyl (C=O) groups is 1. The minimum atomic E-state index is -0.523. The predicted molar refractivity (Wildman–Crippen MR) is 128 cm³/mol. The molecule has 0 N–H and O–H groups in total. The molecule has 2 aliphatic carbocycles. The van der Waals surface area contributed by atoms with Gasteiger partial charge in [-0.15, -0.1) is 0 Å². The summed E-state index contributed by atoms with van der Waals surface area (Å²) in [6.07, 6.45) is 7.73. The Morgan fingerprint density at radius 3 is 2.24 bits per heavy atom. The normalized spacial score (nSPS) is 22.1. The molecule has 1 aromatic carbocycles. The van der Waals surface area contributed by atoms with Gasteiger partial charge in [0.25, 0.3) is 0 Å². The molecular weight excluding hydrogens is 437 g/mol. The molecule has 0 aromatic heterocycles. The summed E-state index contributed by atoms with van der Waals surface area (Å²) in [4.78, 5) is 15.2. The first-order valence-electron chi connectivity index (χ1n) is 13.0. The highest BCUT2D eigenvalue weighted by Crippen LogP contribution is 2.43. The number of rotatable bonds is 9. The highest BCUT2D eigenvalue weighted by Gasteiger charge is 2.41. The number of esters is 1. The summed E-state index contributed by atoms with van der Waals surface area (Å²) >= 11 is 0.